The number of aliphatic imine (C=N–C) groups is 1. The van der Waals surface area contributed by atoms with E-state index in [0.29, 0.717) is 5.69 Å². The third kappa shape index (κ3) is 2.57. The van der Waals surface area contributed by atoms with Crippen molar-refractivity contribution in [1.82, 2.24) is 4.57 Å². The Morgan fingerprint density at radius 2 is 2.22 bits per heavy atom. The van der Waals surface area contributed by atoms with Gasteiger partial charge in [-0.25, -0.2) is 0 Å². The van der Waals surface area contributed by atoms with Crippen LogP contribution in [-0.2, 0) is 7.05 Å². The van der Waals surface area contributed by atoms with E-state index >= 15 is 0 Å². The molecule has 18 heavy (non-hydrogen) atoms. The van der Waals surface area contributed by atoms with E-state index in [1.165, 1.54) is 12.1 Å². The zero-order valence-electron chi connectivity index (χ0n) is 9.58. The minimum absolute atomic E-state index is 0.109. The molecule has 0 saturated heterocycles. The Hall–Kier alpha value is -2.14. The number of aryl methyl sites for hydroxylation is 1. The SMILES string of the molecule is Cn1cccc1C=Nc1ccc(Cl)c([N+](=O)[O-])c1. The first kappa shape index (κ1) is 12.3. The van der Waals surface area contributed by atoms with Gasteiger partial charge in [-0.1, -0.05) is 11.6 Å². The fourth-order valence-corrected chi connectivity index (χ4v) is 1.66. The highest BCUT2D eigenvalue weighted by molar-refractivity contribution is 6.32. The van der Waals surface area contributed by atoms with Crippen LogP contribution >= 0.6 is 11.6 Å². The second kappa shape index (κ2) is 5.01. The lowest BCUT2D eigenvalue weighted by atomic mass is 10.3. The minimum atomic E-state index is -0.524. The van der Waals surface area contributed by atoms with Gasteiger partial charge in [0.2, 0.25) is 0 Å². The molecule has 0 aliphatic carbocycles. The van der Waals surface area contributed by atoms with Crippen LogP contribution in [-0.4, -0.2) is 15.7 Å². The van der Waals surface area contributed by atoms with Crippen molar-refractivity contribution in [3.05, 3.63) is 57.4 Å². The van der Waals surface area contributed by atoms with Gasteiger partial charge in [-0.2, -0.15) is 0 Å². The summed E-state index contributed by atoms with van der Waals surface area (Å²) in [5.74, 6) is 0. The number of nitro benzene ring substituents is 1. The Kier molecular flexibility index (Phi) is 3.43. The van der Waals surface area contributed by atoms with Gasteiger partial charge in [0.15, 0.2) is 0 Å². The second-order valence-electron chi connectivity index (χ2n) is 3.69. The third-order valence-corrected chi connectivity index (χ3v) is 2.78. The predicted octanol–water partition coefficient (Wildman–Crippen LogP) is 3.34. The molecule has 1 heterocycles. The van der Waals surface area contributed by atoms with Gasteiger partial charge < -0.3 is 4.57 Å². The van der Waals surface area contributed by atoms with Gasteiger partial charge in [0.05, 0.1) is 22.5 Å². The molecule has 1 aromatic heterocycles. The molecule has 0 N–H and O–H groups in total. The Morgan fingerprint density at radius 1 is 1.44 bits per heavy atom. The van der Waals surface area contributed by atoms with E-state index in [9.17, 15) is 10.1 Å². The Bertz CT molecular complexity index is 620. The molecule has 0 amide bonds. The van der Waals surface area contributed by atoms with Crippen LogP contribution in [0.3, 0.4) is 0 Å². The van der Waals surface area contributed by atoms with Crippen LogP contribution in [0.15, 0.2) is 41.5 Å². The van der Waals surface area contributed by atoms with E-state index in [2.05, 4.69) is 4.99 Å². The van der Waals surface area contributed by atoms with Gasteiger partial charge in [0.1, 0.15) is 5.02 Å². The zero-order chi connectivity index (χ0) is 13.1. The molecule has 0 atom stereocenters. The maximum absolute atomic E-state index is 10.7. The van der Waals surface area contributed by atoms with Gasteiger partial charge >= 0.3 is 0 Å². The van der Waals surface area contributed by atoms with E-state index < -0.39 is 4.92 Å². The third-order valence-electron chi connectivity index (χ3n) is 2.46. The number of hydrogen-bond donors (Lipinski definition) is 0. The fourth-order valence-electron chi connectivity index (χ4n) is 1.47. The number of rotatable bonds is 3. The van der Waals surface area contributed by atoms with Crippen molar-refractivity contribution < 1.29 is 4.92 Å². The van der Waals surface area contributed by atoms with Crippen LogP contribution in [0.2, 0.25) is 5.02 Å². The summed E-state index contributed by atoms with van der Waals surface area (Å²) in [6.07, 6.45) is 3.54. The first-order valence-electron chi connectivity index (χ1n) is 5.17. The van der Waals surface area contributed by atoms with Gasteiger partial charge in [-0.3, -0.25) is 15.1 Å². The zero-order valence-corrected chi connectivity index (χ0v) is 10.3. The highest BCUT2D eigenvalue weighted by atomic mass is 35.5. The van der Waals surface area contributed by atoms with Crippen molar-refractivity contribution in [2.24, 2.45) is 12.0 Å². The molecule has 2 rings (SSSR count). The average molecular weight is 264 g/mol. The van der Waals surface area contributed by atoms with E-state index in [4.69, 9.17) is 11.6 Å². The highest BCUT2D eigenvalue weighted by Crippen LogP contribution is 2.28. The lowest BCUT2D eigenvalue weighted by Gasteiger charge is -1.98. The summed E-state index contributed by atoms with van der Waals surface area (Å²) in [6.45, 7) is 0. The second-order valence-corrected chi connectivity index (χ2v) is 4.10. The molecule has 6 heteroatoms. The summed E-state index contributed by atoms with van der Waals surface area (Å²) in [5, 5.41) is 10.8. The summed E-state index contributed by atoms with van der Waals surface area (Å²) in [5.41, 5.74) is 1.26. The number of aromatic nitrogens is 1. The molecule has 0 bridgehead atoms. The lowest BCUT2D eigenvalue weighted by molar-refractivity contribution is -0.384. The van der Waals surface area contributed by atoms with E-state index in [-0.39, 0.29) is 10.7 Å². The summed E-state index contributed by atoms with van der Waals surface area (Å²) in [4.78, 5) is 14.4. The number of nitro groups is 1. The quantitative estimate of drug-likeness (QED) is 0.484. The molecular weight excluding hydrogens is 254 g/mol. The van der Waals surface area contributed by atoms with Gasteiger partial charge in [-0.05, 0) is 24.3 Å². The minimum Gasteiger partial charge on any atom is -0.350 e. The Morgan fingerprint density at radius 3 is 2.83 bits per heavy atom. The first-order valence-corrected chi connectivity index (χ1v) is 5.55. The van der Waals surface area contributed by atoms with Gasteiger partial charge in [0, 0.05) is 19.3 Å². The maximum atomic E-state index is 10.7. The summed E-state index contributed by atoms with van der Waals surface area (Å²) in [7, 11) is 1.89. The molecule has 0 unspecified atom stereocenters. The smallest absolute Gasteiger partial charge is 0.290 e. The fraction of sp³-hybridized carbons (Fsp3) is 0.0833. The van der Waals surface area contributed by atoms with Crippen molar-refractivity contribution in [3.63, 3.8) is 0 Å². The van der Waals surface area contributed by atoms with Gasteiger partial charge in [0.25, 0.3) is 5.69 Å². The summed E-state index contributed by atoms with van der Waals surface area (Å²) < 4.78 is 1.90. The van der Waals surface area contributed by atoms with Crippen LogP contribution in [0.25, 0.3) is 0 Å². The molecule has 0 aliphatic rings. The lowest BCUT2D eigenvalue weighted by Crippen LogP contribution is -1.92. The molecule has 92 valence electrons. The van der Waals surface area contributed by atoms with Crippen LogP contribution < -0.4 is 0 Å². The van der Waals surface area contributed by atoms with Crippen LogP contribution in [0.1, 0.15) is 5.69 Å². The van der Waals surface area contributed by atoms with E-state index in [1.807, 2.05) is 29.9 Å². The normalized spacial score (nSPS) is 11.0. The number of halogens is 1. The predicted molar refractivity (Wildman–Crippen MR) is 70.8 cm³/mol. The number of benzene rings is 1. The molecule has 5 nitrogen and oxygen atoms in total. The van der Waals surface area contributed by atoms with Crippen LogP contribution in [0.4, 0.5) is 11.4 Å². The first-order chi connectivity index (χ1) is 8.58. The molecule has 2 aromatic rings. The largest absolute Gasteiger partial charge is 0.350 e. The van der Waals surface area contributed by atoms with Crippen molar-refractivity contribution >= 4 is 29.2 Å². The monoisotopic (exact) mass is 263 g/mol. The molecule has 0 radical (unpaired) electrons. The van der Waals surface area contributed by atoms with Crippen LogP contribution in [0, 0.1) is 10.1 Å². The molecule has 0 aliphatic heterocycles. The Balaban J connectivity index is 2.30. The van der Waals surface area contributed by atoms with Crippen molar-refractivity contribution in [2.45, 2.75) is 0 Å². The number of hydrogen-bond acceptors (Lipinski definition) is 3. The van der Waals surface area contributed by atoms with Crippen molar-refractivity contribution in [2.75, 3.05) is 0 Å². The molecule has 0 fully saturated rings. The summed E-state index contributed by atoms with van der Waals surface area (Å²) >= 11 is 5.72. The molecule has 1 aromatic carbocycles. The van der Waals surface area contributed by atoms with Gasteiger partial charge in [-0.15, -0.1) is 0 Å². The molecule has 0 spiro atoms. The topological polar surface area (TPSA) is 60.4 Å². The van der Waals surface area contributed by atoms with E-state index in [0.717, 1.165) is 5.69 Å². The Labute approximate surface area is 108 Å². The van der Waals surface area contributed by atoms with Crippen molar-refractivity contribution in [3.8, 4) is 0 Å². The van der Waals surface area contributed by atoms with Crippen LogP contribution in [0.5, 0.6) is 0 Å². The van der Waals surface area contributed by atoms with E-state index in [1.54, 1.807) is 12.3 Å². The van der Waals surface area contributed by atoms with Crippen molar-refractivity contribution in [1.29, 1.82) is 0 Å². The number of nitrogens with zero attached hydrogens (tertiary/aromatic N) is 3. The average Bonchev–Trinajstić information content (AvgIpc) is 2.73. The standard InChI is InChI=1S/C12H10ClN3O2/c1-15-6-2-3-10(15)8-14-9-4-5-11(13)12(7-9)16(17)18/h2-8H,1H3. The summed E-state index contributed by atoms with van der Waals surface area (Å²) in [6, 6.07) is 8.24. The maximum Gasteiger partial charge on any atom is 0.290 e. The highest BCUT2D eigenvalue weighted by Gasteiger charge is 2.12. The molecule has 0 saturated carbocycles. The molecular formula is C12H10ClN3O2.